The number of sulfonamides is 1. The number of nitrogens with one attached hydrogen (secondary N) is 1. The molecule has 1 heterocycles. The van der Waals surface area contributed by atoms with Gasteiger partial charge in [0.05, 0.1) is 31.9 Å². The predicted octanol–water partition coefficient (Wildman–Crippen LogP) is 1.73. The molecule has 1 aliphatic rings. The Labute approximate surface area is 188 Å². The second-order valence-electron chi connectivity index (χ2n) is 7.20. The normalized spacial score (nSPS) is 14.2. The van der Waals surface area contributed by atoms with E-state index in [9.17, 15) is 13.2 Å². The first-order valence-electron chi connectivity index (χ1n) is 10.3. The van der Waals surface area contributed by atoms with Crippen LogP contribution in [0.3, 0.4) is 0 Å². The largest absolute Gasteiger partial charge is 0.495 e. The number of nitrogens with zero attached hydrogens (tertiary/aromatic N) is 2. The highest BCUT2D eigenvalue weighted by Gasteiger charge is 2.23. The quantitative estimate of drug-likeness (QED) is 0.605. The van der Waals surface area contributed by atoms with Crippen LogP contribution in [-0.4, -0.2) is 73.3 Å². The van der Waals surface area contributed by atoms with Crippen molar-refractivity contribution in [1.82, 2.24) is 9.62 Å². The summed E-state index contributed by atoms with van der Waals surface area (Å²) in [6.45, 7) is 2.52. The zero-order chi connectivity index (χ0) is 23.1. The number of anilines is 1. The zero-order valence-corrected chi connectivity index (χ0v) is 19.4. The molecular weight excluding hydrogens is 434 g/mol. The second-order valence-corrected chi connectivity index (χ2v) is 8.97. The minimum Gasteiger partial charge on any atom is -0.495 e. The first-order valence-corrected chi connectivity index (χ1v) is 11.8. The van der Waals surface area contributed by atoms with Gasteiger partial charge in [-0.15, -0.1) is 0 Å². The van der Waals surface area contributed by atoms with Crippen LogP contribution >= 0.6 is 0 Å². The molecule has 0 aliphatic carbocycles. The number of carbonyl (C=O) groups is 1. The van der Waals surface area contributed by atoms with Gasteiger partial charge in [0, 0.05) is 45.2 Å². The fraction of sp³-hybridized carbons (Fsp3) is 0.409. The van der Waals surface area contributed by atoms with Crippen molar-refractivity contribution in [1.29, 1.82) is 0 Å². The smallest absolute Gasteiger partial charge is 0.240 e. The Kier molecular flexibility index (Phi) is 7.81. The van der Waals surface area contributed by atoms with Gasteiger partial charge in [0.2, 0.25) is 15.9 Å². The molecule has 1 N–H and O–H groups in total. The number of methoxy groups -OCH3 is 3. The molecule has 0 bridgehead atoms. The fourth-order valence-corrected chi connectivity index (χ4v) is 4.65. The minimum absolute atomic E-state index is 0.0161. The first-order chi connectivity index (χ1) is 15.4. The maximum Gasteiger partial charge on any atom is 0.240 e. The molecule has 1 aliphatic heterocycles. The molecule has 2 aromatic rings. The Morgan fingerprint density at radius 3 is 2.22 bits per heavy atom. The van der Waals surface area contributed by atoms with Gasteiger partial charge in [-0.1, -0.05) is 12.1 Å². The lowest BCUT2D eigenvalue weighted by molar-refractivity contribution is -0.131. The molecular formula is C22H29N3O6S. The molecule has 0 radical (unpaired) electrons. The number of hydrogen-bond donors (Lipinski definition) is 1. The Bertz CT molecular complexity index is 1040. The number of carbonyl (C=O) groups excluding carboxylic acids is 1. The van der Waals surface area contributed by atoms with E-state index in [4.69, 9.17) is 14.2 Å². The molecule has 1 amide bonds. The fourth-order valence-electron chi connectivity index (χ4n) is 3.61. The molecule has 0 atom stereocenters. The van der Waals surface area contributed by atoms with Crippen LogP contribution in [0, 0.1) is 0 Å². The molecule has 10 heteroatoms. The van der Waals surface area contributed by atoms with Gasteiger partial charge in [-0.3, -0.25) is 4.79 Å². The van der Waals surface area contributed by atoms with Gasteiger partial charge in [0.25, 0.3) is 0 Å². The van der Waals surface area contributed by atoms with Crippen LogP contribution < -0.4 is 23.8 Å². The van der Waals surface area contributed by atoms with E-state index in [2.05, 4.69) is 9.62 Å². The van der Waals surface area contributed by atoms with E-state index in [1.165, 1.54) is 32.4 Å². The highest BCUT2D eigenvalue weighted by Crippen LogP contribution is 2.30. The topological polar surface area (TPSA) is 97.4 Å². The summed E-state index contributed by atoms with van der Waals surface area (Å²) in [7, 11) is 0.782. The van der Waals surface area contributed by atoms with Crippen molar-refractivity contribution < 1.29 is 27.4 Å². The van der Waals surface area contributed by atoms with E-state index in [0.29, 0.717) is 37.7 Å². The second kappa shape index (κ2) is 10.6. The average molecular weight is 464 g/mol. The lowest BCUT2D eigenvalue weighted by Gasteiger charge is -2.36. The molecule has 0 saturated carbocycles. The Balaban J connectivity index is 1.51. The summed E-state index contributed by atoms with van der Waals surface area (Å²) in [5, 5.41) is 0. The summed E-state index contributed by atoms with van der Waals surface area (Å²) in [5.41, 5.74) is 1.00. The maximum atomic E-state index is 12.6. The molecule has 1 fully saturated rings. The van der Waals surface area contributed by atoms with Crippen LogP contribution in [0.2, 0.25) is 0 Å². The average Bonchev–Trinajstić information content (AvgIpc) is 2.83. The van der Waals surface area contributed by atoms with Gasteiger partial charge in [-0.25, -0.2) is 13.1 Å². The van der Waals surface area contributed by atoms with Crippen molar-refractivity contribution in [3.05, 3.63) is 42.5 Å². The van der Waals surface area contributed by atoms with Crippen LogP contribution in [0.25, 0.3) is 0 Å². The van der Waals surface area contributed by atoms with Gasteiger partial charge in [0.1, 0.15) is 5.75 Å². The van der Waals surface area contributed by atoms with E-state index in [0.717, 1.165) is 11.4 Å². The molecule has 1 saturated heterocycles. The highest BCUT2D eigenvalue weighted by atomic mass is 32.2. The van der Waals surface area contributed by atoms with Gasteiger partial charge >= 0.3 is 0 Å². The number of ether oxygens (including phenoxy) is 3. The molecule has 3 rings (SSSR count). The molecule has 0 unspecified atom stereocenters. The predicted molar refractivity (Wildman–Crippen MR) is 121 cm³/mol. The number of rotatable bonds is 9. The van der Waals surface area contributed by atoms with Gasteiger partial charge in [0.15, 0.2) is 11.5 Å². The van der Waals surface area contributed by atoms with E-state index in [1.54, 1.807) is 12.0 Å². The van der Waals surface area contributed by atoms with Crippen molar-refractivity contribution in [3.63, 3.8) is 0 Å². The maximum absolute atomic E-state index is 12.6. The Morgan fingerprint density at radius 2 is 1.56 bits per heavy atom. The molecule has 32 heavy (non-hydrogen) atoms. The van der Waals surface area contributed by atoms with Gasteiger partial charge in [-0.2, -0.15) is 0 Å². The molecule has 174 valence electrons. The summed E-state index contributed by atoms with van der Waals surface area (Å²) < 4.78 is 43.3. The van der Waals surface area contributed by atoms with Gasteiger partial charge < -0.3 is 24.0 Å². The third-order valence-corrected chi connectivity index (χ3v) is 6.81. The summed E-state index contributed by atoms with van der Waals surface area (Å²) in [4.78, 5) is 16.6. The van der Waals surface area contributed by atoms with Crippen molar-refractivity contribution in [3.8, 4) is 17.2 Å². The first kappa shape index (κ1) is 23.7. The number of amides is 1. The van der Waals surface area contributed by atoms with Crippen molar-refractivity contribution in [2.24, 2.45) is 0 Å². The van der Waals surface area contributed by atoms with E-state index in [-0.39, 0.29) is 23.8 Å². The van der Waals surface area contributed by atoms with Crippen LogP contribution in [-0.2, 0) is 14.8 Å². The van der Waals surface area contributed by atoms with Crippen LogP contribution in [0.15, 0.2) is 47.4 Å². The van der Waals surface area contributed by atoms with Crippen LogP contribution in [0.4, 0.5) is 5.69 Å². The van der Waals surface area contributed by atoms with Gasteiger partial charge in [-0.05, 0) is 24.3 Å². The molecule has 0 spiro atoms. The van der Waals surface area contributed by atoms with E-state index < -0.39 is 10.0 Å². The third kappa shape index (κ3) is 5.43. The van der Waals surface area contributed by atoms with Crippen molar-refractivity contribution in [2.45, 2.75) is 11.3 Å². The van der Waals surface area contributed by atoms with Crippen LogP contribution in [0.1, 0.15) is 6.42 Å². The summed E-state index contributed by atoms with van der Waals surface area (Å²) in [5.74, 6) is 1.48. The molecule has 2 aromatic carbocycles. The monoisotopic (exact) mass is 463 g/mol. The lowest BCUT2D eigenvalue weighted by Crippen LogP contribution is -2.49. The Hall–Kier alpha value is -2.98. The minimum atomic E-state index is -3.78. The SMILES string of the molecule is COc1ccc(S(=O)(=O)NCCC(=O)N2CCN(c3ccccc3OC)CC2)cc1OC. The standard InChI is InChI=1S/C22H29N3O6S/c1-29-19-7-5-4-6-18(19)24-12-14-25(15-13-24)22(26)10-11-23-32(27,28)17-8-9-20(30-2)21(16-17)31-3/h4-9,16,23H,10-15H2,1-3H3. The number of para-hydroxylation sites is 2. The highest BCUT2D eigenvalue weighted by molar-refractivity contribution is 7.89. The number of benzene rings is 2. The number of hydrogen-bond acceptors (Lipinski definition) is 7. The van der Waals surface area contributed by atoms with Crippen molar-refractivity contribution in [2.75, 3.05) is 59.0 Å². The Morgan fingerprint density at radius 1 is 0.906 bits per heavy atom. The van der Waals surface area contributed by atoms with Crippen molar-refractivity contribution >= 4 is 21.6 Å². The molecule has 0 aromatic heterocycles. The number of piperazine rings is 1. The third-order valence-electron chi connectivity index (χ3n) is 5.35. The zero-order valence-electron chi connectivity index (χ0n) is 18.5. The lowest BCUT2D eigenvalue weighted by atomic mass is 10.2. The van der Waals surface area contributed by atoms with E-state index in [1.807, 2.05) is 24.3 Å². The van der Waals surface area contributed by atoms with E-state index >= 15 is 0 Å². The summed E-state index contributed by atoms with van der Waals surface area (Å²) in [6, 6.07) is 12.1. The summed E-state index contributed by atoms with van der Waals surface area (Å²) >= 11 is 0. The molecule has 9 nitrogen and oxygen atoms in total. The van der Waals surface area contributed by atoms with Crippen LogP contribution in [0.5, 0.6) is 17.2 Å². The summed E-state index contributed by atoms with van der Waals surface area (Å²) in [6.07, 6.45) is 0.0845.